The van der Waals surface area contributed by atoms with Gasteiger partial charge in [0.1, 0.15) is 0 Å². The molecule has 0 amide bonds. The second-order valence-corrected chi connectivity index (χ2v) is 5.57. The maximum atomic E-state index is 3.80. The van der Waals surface area contributed by atoms with Crippen molar-refractivity contribution in [2.45, 2.75) is 144 Å². The third-order valence-corrected chi connectivity index (χ3v) is 3.84. The van der Waals surface area contributed by atoms with E-state index in [9.17, 15) is 0 Å². The van der Waals surface area contributed by atoms with Gasteiger partial charge in [0.25, 0.3) is 0 Å². The second kappa shape index (κ2) is 57.9. The lowest BCUT2D eigenvalue weighted by Gasteiger charge is -2.37. The lowest BCUT2D eigenvalue weighted by molar-refractivity contribution is 0.369. The van der Waals surface area contributed by atoms with Gasteiger partial charge in [-0.3, -0.25) is 0 Å². The van der Waals surface area contributed by atoms with Crippen molar-refractivity contribution in [2.75, 3.05) is 0 Å². The van der Waals surface area contributed by atoms with Crippen molar-refractivity contribution >= 4 is 0 Å². The van der Waals surface area contributed by atoms with E-state index < -0.39 is 0 Å². The van der Waals surface area contributed by atoms with Gasteiger partial charge in [0.05, 0.1) is 0 Å². The first-order valence-corrected chi connectivity index (χ1v) is 13.9. The molecule has 0 aromatic carbocycles. The van der Waals surface area contributed by atoms with Crippen LogP contribution in [0.2, 0.25) is 0 Å². The summed E-state index contributed by atoms with van der Waals surface area (Å²) in [5, 5.41) is 0. The number of hydrogen-bond donors (Lipinski definition) is 0. The molecule has 208 valence electrons. The highest BCUT2D eigenvalue weighted by Gasteiger charge is 2.33. The molecule has 0 aliphatic heterocycles. The van der Waals surface area contributed by atoms with Gasteiger partial charge >= 0.3 is 0 Å². The molecule has 0 spiro atoms. The Bertz CT molecular complexity index is 421. The monoisotopic (exact) mass is 481 g/mol. The zero-order valence-electron chi connectivity index (χ0n) is 26.4. The quantitative estimate of drug-likeness (QED) is 0.227. The molecule has 0 heterocycles. The van der Waals surface area contributed by atoms with Gasteiger partial charge in [-0.15, -0.1) is 6.58 Å². The van der Waals surface area contributed by atoms with E-state index in [1.165, 1.54) is 36.8 Å². The summed E-state index contributed by atoms with van der Waals surface area (Å²) in [6.45, 7) is 40.0. The van der Waals surface area contributed by atoms with Crippen molar-refractivity contribution in [3.8, 4) is 0 Å². The van der Waals surface area contributed by atoms with Gasteiger partial charge in [-0.1, -0.05) is 159 Å². The zero-order valence-corrected chi connectivity index (χ0v) is 26.4. The first-order valence-electron chi connectivity index (χ1n) is 13.9. The number of allylic oxidation sites excluding steroid dienone is 10. The average Bonchev–Trinajstić information content (AvgIpc) is 2.89. The normalized spacial score (nSPS) is 9.76. The summed E-state index contributed by atoms with van der Waals surface area (Å²) in [5.74, 6) is 0. The van der Waals surface area contributed by atoms with Crippen molar-refractivity contribution in [1.29, 1.82) is 0 Å². The van der Waals surface area contributed by atoms with Crippen LogP contribution in [0.4, 0.5) is 0 Å². The Kier molecular flexibility index (Phi) is 91.3. The van der Waals surface area contributed by atoms with E-state index >= 15 is 0 Å². The Morgan fingerprint density at radius 3 is 1.12 bits per heavy atom. The number of rotatable bonds is 9. The average molecular weight is 481 g/mol. The predicted octanol–water partition coefficient (Wildman–Crippen LogP) is 13.7. The molecule has 0 aromatic rings. The summed E-state index contributed by atoms with van der Waals surface area (Å²) in [6.07, 6.45) is 21.6. The maximum absolute atomic E-state index is 3.80. The highest BCUT2D eigenvalue weighted by atomic mass is 14.4. The molecule has 34 heavy (non-hydrogen) atoms. The van der Waals surface area contributed by atoms with Crippen LogP contribution < -0.4 is 0 Å². The molecule has 0 rings (SSSR count). The predicted molar refractivity (Wildman–Crippen MR) is 173 cm³/mol. The minimum Gasteiger partial charge on any atom is -0.103 e. The Morgan fingerprint density at radius 1 is 0.618 bits per heavy atom. The van der Waals surface area contributed by atoms with Gasteiger partial charge in [0.2, 0.25) is 0 Å². The molecule has 0 saturated carbocycles. The molecule has 0 N–H and O–H groups in total. The topological polar surface area (TPSA) is 0 Å². The zero-order chi connectivity index (χ0) is 28.1. The summed E-state index contributed by atoms with van der Waals surface area (Å²) < 4.78 is 0. The summed E-state index contributed by atoms with van der Waals surface area (Å²) >= 11 is 0. The summed E-state index contributed by atoms with van der Waals surface area (Å²) in [7, 11) is 0. The van der Waals surface area contributed by atoms with E-state index in [1.807, 2.05) is 82.2 Å². The Balaban J connectivity index is -0.0000000684. The first kappa shape index (κ1) is 53.7. The molecule has 0 aromatic heterocycles. The van der Waals surface area contributed by atoms with Crippen LogP contribution in [0.1, 0.15) is 144 Å². The van der Waals surface area contributed by atoms with Gasteiger partial charge in [-0.2, -0.15) is 0 Å². The molecule has 0 bridgehead atoms. The minimum atomic E-state index is 0. The van der Waals surface area contributed by atoms with Crippen LogP contribution in [0.3, 0.4) is 0 Å². The van der Waals surface area contributed by atoms with Crippen LogP contribution in [-0.4, -0.2) is 0 Å². The molecule has 0 atom stereocenters. The molecular formula is C34H72. The van der Waals surface area contributed by atoms with Crippen LogP contribution in [0.25, 0.3) is 0 Å². The van der Waals surface area contributed by atoms with Crippen LogP contribution in [0.15, 0.2) is 72.9 Å². The summed E-state index contributed by atoms with van der Waals surface area (Å²) in [5.41, 5.74) is 2.98. The minimum absolute atomic E-state index is 0. The third kappa shape index (κ3) is 30.4. The maximum Gasteiger partial charge on any atom is 0.0196 e. The molecule has 0 nitrogen and oxygen atoms in total. The van der Waals surface area contributed by atoms with E-state index in [1.54, 1.807) is 6.08 Å². The first-order chi connectivity index (χ1) is 16.1. The Labute approximate surface area is 222 Å². The van der Waals surface area contributed by atoms with Crippen molar-refractivity contribution in [3.05, 3.63) is 72.9 Å². The molecule has 0 unspecified atom stereocenters. The fraction of sp³-hybridized carbons (Fsp3) is 0.647. The fourth-order valence-corrected chi connectivity index (χ4v) is 3.14. The SMILES string of the molecule is C.C=C/C=C\C(=C/C)C(CCC)(CCC)C(/C=C\C)=C/C.C=CC.CC.CC.CC.CC.CC. The van der Waals surface area contributed by atoms with E-state index in [2.05, 4.69) is 84.2 Å². The van der Waals surface area contributed by atoms with Crippen molar-refractivity contribution < 1.29 is 0 Å². The molecule has 0 aliphatic carbocycles. The lowest BCUT2D eigenvalue weighted by atomic mass is 9.67. The largest absolute Gasteiger partial charge is 0.103 e. The van der Waals surface area contributed by atoms with Gasteiger partial charge in [-0.05, 0) is 51.7 Å². The standard InChI is InChI=1S/C20H32.C3H6.5C2H6.CH4/c1-7-13-15-19(12-6)20(16-9-3,17-10-4)18(11-5)14-8-2;1-3-2;5*1-2;/h7-8,11-15H,1,9-10,16-17H2,2-6H3;3H,1H2,2H3;5*1-2H3;1H4/b14-8-,15-13-,18-11+,19-12+;;;;;;;. The van der Waals surface area contributed by atoms with E-state index in [4.69, 9.17) is 0 Å². The Morgan fingerprint density at radius 2 is 0.912 bits per heavy atom. The fourth-order valence-electron chi connectivity index (χ4n) is 3.14. The summed E-state index contributed by atoms with van der Waals surface area (Å²) in [4.78, 5) is 0. The van der Waals surface area contributed by atoms with Crippen molar-refractivity contribution in [2.24, 2.45) is 5.41 Å². The second-order valence-electron chi connectivity index (χ2n) is 5.57. The van der Waals surface area contributed by atoms with Gasteiger partial charge < -0.3 is 0 Å². The van der Waals surface area contributed by atoms with Crippen LogP contribution in [0, 0.1) is 5.41 Å². The van der Waals surface area contributed by atoms with Crippen LogP contribution >= 0.6 is 0 Å². The van der Waals surface area contributed by atoms with Crippen molar-refractivity contribution in [3.63, 3.8) is 0 Å². The number of hydrogen-bond acceptors (Lipinski definition) is 0. The van der Waals surface area contributed by atoms with E-state index in [0.29, 0.717) is 0 Å². The lowest BCUT2D eigenvalue weighted by Crippen LogP contribution is -2.25. The molecule has 0 heteroatoms. The van der Waals surface area contributed by atoms with Gasteiger partial charge in [0, 0.05) is 5.41 Å². The third-order valence-electron chi connectivity index (χ3n) is 3.84. The highest BCUT2D eigenvalue weighted by molar-refractivity contribution is 5.42. The molecule has 0 fully saturated rings. The molecule has 0 aliphatic rings. The van der Waals surface area contributed by atoms with Gasteiger partial charge in [-0.25, -0.2) is 0 Å². The van der Waals surface area contributed by atoms with E-state index in [-0.39, 0.29) is 12.8 Å². The van der Waals surface area contributed by atoms with Crippen molar-refractivity contribution in [1.82, 2.24) is 0 Å². The van der Waals surface area contributed by atoms with Crippen LogP contribution in [-0.2, 0) is 0 Å². The smallest absolute Gasteiger partial charge is 0.0196 e. The van der Waals surface area contributed by atoms with Crippen LogP contribution in [0.5, 0.6) is 0 Å². The Hall–Kier alpha value is -1.56. The van der Waals surface area contributed by atoms with Gasteiger partial charge in [0.15, 0.2) is 0 Å². The molecule has 0 radical (unpaired) electrons. The van der Waals surface area contributed by atoms with E-state index in [0.717, 1.165) is 0 Å². The summed E-state index contributed by atoms with van der Waals surface area (Å²) in [6, 6.07) is 0. The molecule has 0 saturated heterocycles. The highest BCUT2D eigenvalue weighted by Crippen LogP contribution is 2.45. The molecular weight excluding hydrogens is 408 g/mol.